The van der Waals surface area contributed by atoms with Gasteiger partial charge in [0.05, 0.1) is 26.5 Å². The third kappa shape index (κ3) is 3.92. The second-order valence-corrected chi connectivity index (χ2v) is 9.81. The van der Waals surface area contributed by atoms with Gasteiger partial charge >= 0.3 is 0 Å². The maximum Gasteiger partial charge on any atom is 0.257 e. The van der Waals surface area contributed by atoms with Crippen LogP contribution in [0.2, 0.25) is 0 Å². The van der Waals surface area contributed by atoms with E-state index in [9.17, 15) is 13.2 Å². The van der Waals surface area contributed by atoms with Crippen LogP contribution in [-0.4, -0.2) is 35.3 Å². The van der Waals surface area contributed by atoms with Gasteiger partial charge < -0.3 is 0 Å². The Kier molecular flexibility index (Phi) is 4.71. The summed E-state index contributed by atoms with van der Waals surface area (Å²) in [5.74, 6) is -0.285. The third-order valence-corrected chi connectivity index (χ3v) is 6.44. The number of rotatable bonds is 4. The van der Waals surface area contributed by atoms with Crippen molar-refractivity contribution >= 4 is 42.4 Å². The fourth-order valence-electron chi connectivity index (χ4n) is 3.00. The molecule has 0 aliphatic heterocycles. The molecule has 2 heterocycles. The highest BCUT2D eigenvalue weighted by atomic mass is 32.2. The molecule has 4 aromatic rings. The van der Waals surface area contributed by atoms with Gasteiger partial charge in [0.15, 0.2) is 15.0 Å². The molecule has 9 heteroatoms. The summed E-state index contributed by atoms with van der Waals surface area (Å²) in [7, 11) is -3.30. The Morgan fingerprint density at radius 1 is 1.07 bits per heavy atom. The van der Waals surface area contributed by atoms with Crippen LogP contribution in [0, 0.1) is 13.8 Å². The maximum absolute atomic E-state index is 12.6. The summed E-state index contributed by atoms with van der Waals surface area (Å²) in [6.07, 6.45) is 1.16. The zero-order chi connectivity index (χ0) is 20.8. The number of aromatic nitrogens is 3. The normalized spacial score (nSPS) is 11.7. The second kappa shape index (κ2) is 7.09. The zero-order valence-electron chi connectivity index (χ0n) is 16.0. The smallest absolute Gasteiger partial charge is 0.257 e. The molecule has 0 spiro atoms. The van der Waals surface area contributed by atoms with E-state index in [1.165, 1.54) is 17.4 Å². The van der Waals surface area contributed by atoms with Crippen LogP contribution in [0.4, 0.5) is 5.13 Å². The first-order valence-electron chi connectivity index (χ1n) is 8.76. The molecule has 0 radical (unpaired) electrons. The minimum Gasteiger partial charge on any atom is -0.298 e. The van der Waals surface area contributed by atoms with Crippen molar-refractivity contribution in [2.75, 3.05) is 11.6 Å². The number of hydrogen-bond acceptors (Lipinski definition) is 6. The van der Waals surface area contributed by atoms with Crippen LogP contribution in [0.3, 0.4) is 0 Å². The van der Waals surface area contributed by atoms with Gasteiger partial charge in [-0.25, -0.2) is 18.1 Å². The van der Waals surface area contributed by atoms with Gasteiger partial charge in [0.2, 0.25) is 0 Å². The number of hydrogen-bond donors (Lipinski definition) is 1. The van der Waals surface area contributed by atoms with Crippen LogP contribution in [0.25, 0.3) is 15.9 Å². The number of aryl methyl sites for hydroxylation is 2. The van der Waals surface area contributed by atoms with Crippen molar-refractivity contribution in [3.05, 3.63) is 65.5 Å². The Hall–Kier alpha value is -3.04. The van der Waals surface area contributed by atoms with Gasteiger partial charge in [-0.05, 0) is 62.4 Å². The van der Waals surface area contributed by atoms with E-state index in [0.717, 1.165) is 23.3 Å². The number of thiazole rings is 1. The van der Waals surface area contributed by atoms with E-state index >= 15 is 0 Å². The Balaban J connectivity index is 1.55. The van der Waals surface area contributed by atoms with E-state index in [-0.39, 0.29) is 10.8 Å². The van der Waals surface area contributed by atoms with E-state index in [0.29, 0.717) is 20.9 Å². The van der Waals surface area contributed by atoms with Crippen molar-refractivity contribution < 1.29 is 13.2 Å². The van der Waals surface area contributed by atoms with Crippen molar-refractivity contribution in [3.8, 4) is 5.69 Å². The summed E-state index contributed by atoms with van der Waals surface area (Å²) < 4.78 is 25.9. The fraction of sp³-hybridized carbons (Fsp3) is 0.150. The summed E-state index contributed by atoms with van der Waals surface area (Å²) >= 11 is 1.23. The highest BCUT2D eigenvalue weighted by Crippen LogP contribution is 2.28. The number of carbonyl (C=O) groups is 1. The molecule has 2 aromatic carbocycles. The average Bonchev–Trinajstić information content (AvgIpc) is 3.22. The van der Waals surface area contributed by atoms with E-state index < -0.39 is 9.84 Å². The van der Waals surface area contributed by atoms with Gasteiger partial charge in [0.1, 0.15) is 0 Å². The number of sulfone groups is 1. The lowest BCUT2D eigenvalue weighted by Crippen LogP contribution is -2.11. The molecule has 0 unspecified atom stereocenters. The first-order chi connectivity index (χ1) is 13.7. The molecule has 0 aliphatic carbocycles. The van der Waals surface area contributed by atoms with Gasteiger partial charge in [-0.1, -0.05) is 11.3 Å². The molecule has 0 aliphatic rings. The predicted molar refractivity (Wildman–Crippen MR) is 114 cm³/mol. The number of nitrogens with one attached hydrogen (secondary N) is 1. The molecule has 0 saturated heterocycles. The quantitative estimate of drug-likeness (QED) is 0.536. The number of benzene rings is 2. The molecule has 0 bridgehead atoms. The molecule has 148 valence electrons. The van der Waals surface area contributed by atoms with E-state index in [2.05, 4.69) is 15.4 Å². The standard InChI is InChI=1S/C20H18N4O3S2/c1-12-10-13(2)24(23-12)15-6-4-14(5-7-15)19(25)22-20-21-17-9-8-16(29(3,26)27)11-18(17)28-20/h4-11H,1-3H3,(H,21,22,25). The highest BCUT2D eigenvalue weighted by Gasteiger charge is 2.13. The summed E-state index contributed by atoms with van der Waals surface area (Å²) in [5.41, 5.74) is 3.95. The summed E-state index contributed by atoms with van der Waals surface area (Å²) in [6, 6.07) is 13.9. The van der Waals surface area contributed by atoms with Gasteiger partial charge in [-0.2, -0.15) is 5.10 Å². The molecular formula is C20H18N4O3S2. The molecule has 4 rings (SSSR count). The third-order valence-electron chi connectivity index (χ3n) is 4.39. The summed E-state index contributed by atoms with van der Waals surface area (Å²) in [5, 5.41) is 7.63. The van der Waals surface area contributed by atoms with E-state index in [1.54, 1.807) is 24.3 Å². The van der Waals surface area contributed by atoms with Crippen molar-refractivity contribution in [2.45, 2.75) is 18.7 Å². The van der Waals surface area contributed by atoms with Crippen molar-refractivity contribution in [2.24, 2.45) is 0 Å². The first kappa shape index (κ1) is 19.3. The highest BCUT2D eigenvalue weighted by molar-refractivity contribution is 7.90. The number of amides is 1. The Labute approximate surface area is 171 Å². The van der Waals surface area contributed by atoms with Gasteiger partial charge in [0, 0.05) is 17.5 Å². The monoisotopic (exact) mass is 426 g/mol. The van der Waals surface area contributed by atoms with Crippen LogP contribution in [0.15, 0.2) is 53.4 Å². The molecule has 0 atom stereocenters. The van der Waals surface area contributed by atoms with Crippen LogP contribution in [0.5, 0.6) is 0 Å². The minimum atomic E-state index is -3.30. The van der Waals surface area contributed by atoms with Crippen molar-refractivity contribution in [1.82, 2.24) is 14.8 Å². The van der Waals surface area contributed by atoms with Crippen molar-refractivity contribution in [3.63, 3.8) is 0 Å². The van der Waals surface area contributed by atoms with Crippen molar-refractivity contribution in [1.29, 1.82) is 0 Å². The summed E-state index contributed by atoms with van der Waals surface area (Å²) in [6.45, 7) is 3.91. The number of nitrogens with zero attached hydrogens (tertiary/aromatic N) is 3. The molecule has 1 N–H and O–H groups in total. The fourth-order valence-corrected chi connectivity index (χ4v) is 4.62. The van der Waals surface area contributed by atoms with E-state index in [1.807, 2.05) is 36.7 Å². The Morgan fingerprint density at radius 3 is 2.41 bits per heavy atom. The first-order valence-corrected chi connectivity index (χ1v) is 11.5. The van der Waals surface area contributed by atoms with Crippen LogP contribution < -0.4 is 5.32 Å². The number of anilines is 1. The number of carbonyl (C=O) groups excluding carboxylic acids is 1. The van der Waals surface area contributed by atoms with Crippen LogP contribution in [-0.2, 0) is 9.84 Å². The Morgan fingerprint density at radius 2 is 1.79 bits per heavy atom. The van der Waals surface area contributed by atoms with Gasteiger partial charge in [0.25, 0.3) is 5.91 Å². The SMILES string of the molecule is Cc1cc(C)n(-c2ccc(C(=O)Nc3nc4ccc(S(C)(=O)=O)cc4s3)cc2)n1. The lowest BCUT2D eigenvalue weighted by molar-refractivity contribution is 0.102. The summed E-state index contributed by atoms with van der Waals surface area (Å²) in [4.78, 5) is 17.2. The molecular weight excluding hydrogens is 408 g/mol. The van der Waals surface area contributed by atoms with Crippen LogP contribution in [0.1, 0.15) is 21.7 Å². The molecule has 0 saturated carbocycles. The predicted octanol–water partition coefficient (Wildman–Crippen LogP) is 3.75. The largest absolute Gasteiger partial charge is 0.298 e. The molecule has 29 heavy (non-hydrogen) atoms. The van der Waals surface area contributed by atoms with Gasteiger partial charge in [-0.15, -0.1) is 0 Å². The topological polar surface area (TPSA) is 94.0 Å². The lowest BCUT2D eigenvalue weighted by Gasteiger charge is -2.06. The molecule has 0 fully saturated rings. The average molecular weight is 427 g/mol. The van der Waals surface area contributed by atoms with Crippen LogP contribution >= 0.6 is 11.3 Å². The Bertz CT molecular complexity index is 1340. The van der Waals surface area contributed by atoms with Gasteiger partial charge in [-0.3, -0.25) is 10.1 Å². The minimum absolute atomic E-state index is 0.228. The lowest BCUT2D eigenvalue weighted by atomic mass is 10.2. The van der Waals surface area contributed by atoms with E-state index in [4.69, 9.17) is 0 Å². The second-order valence-electron chi connectivity index (χ2n) is 6.76. The number of fused-ring (bicyclic) bond motifs is 1. The molecule has 7 nitrogen and oxygen atoms in total. The zero-order valence-corrected chi connectivity index (χ0v) is 17.6. The maximum atomic E-state index is 12.6. The molecule has 1 amide bonds. The molecule has 2 aromatic heterocycles.